The van der Waals surface area contributed by atoms with Crippen LogP contribution in [-0.4, -0.2) is 24.8 Å². The lowest BCUT2D eigenvalue weighted by Gasteiger charge is -2.32. The Morgan fingerprint density at radius 3 is 2.27 bits per heavy atom. The normalized spacial score (nSPS) is 27.4. The van der Waals surface area contributed by atoms with Gasteiger partial charge in [-0.3, -0.25) is 0 Å². The van der Waals surface area contributed by atoms with Crippen LogP contribution >= 0.6 is 15.9 Å². The van der Waals surface area contributed by atoms with Crippen LogP contribution < -0.4 is 0 Å². The molecule has 0 heterocycles. The topological polar surface area (TPSA) is 18.5 Å². The molecule has 0 saturated carbocycles. The zero-order chi connectivity index (χ0) is 8.32. The van der Waals surface area contributed by atoms with E-state index in [0.29, 0.717) is 0 Å². The van der Waals surface area contributed by atoms with Gasteiger partial charge in [0.05, 0.1) is 4.83 Å². The zero-order valence-electron chi connectivity index (χ0n) is 6.58. The van der Waals surface area contributed by atoms with E-state index < -0.39 is 5.79 Å². The van der Waals surface area contributed by atoms with Crippen molar-refractivity contribution >= 4 is 15.9 Å². The van der Waals surface area contributed by atoms with Crippen LogP contribution in [0.1, 0.15) is 0 Å². The molecule has 0 spiro atoms. The molecule has 0 aromatic carbocycles. The van der Waals surface area contributed by atoms with Gasteiger partial charge in [0.25, 0.3) is 0 Å². The van der Waals surface area contributed by atoms with Gasteiger partial charge in [-0.25, -0.2) is 0 Å². The summed E-state index contributed by atoms with van der Waals surface area (Å²) in [5, 5.41) is 0. The van der Waals surface area contributed by atoms with Gasteiger partial charge in [0.1, 0.15) is 0 Å². The van der Waals surface area contributed by atoms with Crippen molar-refractivity contribution in [2.24, 2.45) is 0 Å². The van der Waals surface area contributed by atoms with Crippen LogP contribution in [0.5, 0.6) is 0 Å². The van der Waals surface area contributed by atoms with Crippen LogP contribution in [0.15, 0.2) is 24.3 Å². The fourth-order valence-electron chi connectivity index (χ4n) is 1.02. The van der Waals surface area contributed by atoms with Gasteiger partial charge in [0.2, 0.25) is 5.79 Å². The number of hydrogen-bond donors (Lipinski definition) is 0. The number of methoxy groups -OCH3 is 2. The maximum absolute atomic E-state index is 5.23. The zero-order valence-corrected chi connectivity index (χ0v) is 8.17. The predicted octanol–water partition coefficient (Wildman–Crippen LogP) is 1.86. The second-order valence-corrected chi connectivity index (χ2v) is 3.26. The molecule has 11 heavy (non-hydrogen) atoms. The lowest BCUT2D eigenvalue weighted by atomic mass is 10.1. The van der Waals surface area contributed by atoms with Crippen molar-refractivity contribution < 1.29 is 9.47 Å². The average molecular weight is 219 g/mol. The molecule has 0 aliphatic heterocycles. The number of allylic oxidation sites excluding steroid dienone is 2. The number of rotatable bonds is 2. The molecule has 0 radical (unpaired) electrons. The molecule has 0 bridgehead atoms. The molecule has 62 valence electrons. The van der Waals surface area contributed by atoms with Crippen LogP contribution in [0.4, 0.5) is 0 Å². The molecule has 1 atom stereocenters. The van der Waals surface area contributed by atoms with Crippen LogP contribution in [0.2, 0.25) is 0 Å². The Labute approximate surface area is 75.0 Å². The van der Waals surface area contributed by atoms with Crippen LogP contribution in [0.25, 0.3) is 0 Å². The summed E-state index contributed by atoms with van der Waals surface area (Å²) >= 11 is 3.44. The summed E-state index contributed by atoms with van der Waals surface area (Å²) in [7, 11) is 3.25. The van der Waals surface area contributed by atoms with Crippen molar-refractivity contribution in [2.45, 2.75) is 10.6 Å². The fraction of sp³-hybridized carbons (Fsp3) is 0.500. The van der Waals surface area contributed by atoms with Gasteiger partial charge in [-0.2, -0.15) is 0 Å². The second-order valence-electron chi connectivity index (χ2n) is 2.28. The van der Waals surface area contributed by atoms with E-state index in [-0.39, 0.29) is 4.83 Å². The van der Waals surface area contributed by atoms with Crippen molar-refractivity contribution in [3.8, 4) is 0 Å². The third-order valence-corrected chi connectivity index (χ3v) is 2.69. The maximum Gasteiger partial charge on any atom is 0.204 e. The van der Waals surface area contributed by atoms with Gasteiger partial charge >= 0.3 is 0 Å². The molecule has 0 N–H and O–H groups in total. The van der Waals surface area contributed by atoms with Crippen LogP contribution in [0, 0.1) is 0 Å². The molecular formula is C8H11BrO2. The Morgan fingerprint density at radius 2 is 1.91 bits per heavy atom. The molecule has 1 rings (SSSR count). The Kier molecular flexibility index (Phi) is 2.87. The van der Waals surface area contributed by atoms with E-state index >= 15 is 0 Å². The lowest BCUT2D eigenvalue weighted by Crippen LogP contribution is -2.40. The van der Waals surface area contributed by atoms with Gasteiger partial charge in [0.15, 0.2) is 0 Å². The Hall–Kier alpha value is -0.120. The van der Waals surface area contributed by atoms with Crippen molar-refractivity contribution in [2.75, 3.05) is 14.2 Å². The molecule has 0 fully saturated rings. The Balaban J connectivity index is 2.82. The summed E-state index contributed by atoms with van der Waals surface area (Å²) in [6, 6.07) is 0. The first kappa shape index (κ1) is 8.97. The molecule has 3 heteroatoms. The molecule has 0 aromatic rings. The van der Waals surface area contributed by atoms with Gasteiger partial charge in [-0.05, 0) is 6.08 Å². The summed E-state index contributed by atoms with van der Waals surface area (Å²) < 4.78 is 10.5. The van der Waals surface area contributed by atoms with Crippen molar-refractivity contribution in [1.29, 1.82) is 0 Å². The maximum atomic E-state index is 5.23. The molecule has 1 aliphatic carbocycles. The SMILES string of the molecule is COC1(OC)C=CC=CC1Br. The molecule has 0 aromatic heterocycles. The highest BCUT2D eigenvalue weighted by molar-refractivity contribution is 9.09. The summed E-state index contributed by atoms with van der Waals surface area (Å²) in [5.41, 5.74) is 0. The highest BCUT2D eigenvalue weighted by Crippen LogP contribution is 2.28. The van der Waals surface area contributed by atoms with E-state index in [1.807, 2.05) is 24.3 Å². The Morgan fingerprint density at radius 1 is 1.27 bits per heavy atom. The number of alkyl halides is 1. The first-order valence-electron chi connectivity index (χ1n) is 3.35. The number of hydrogen-bond acceptors (Lipinski definition) is 2. The Bertz CT molecular complexity index is 183. The molecule has 1 unspecified atom stereocenters. The van der Waals surface area contributed by atoms with Crippen LogP contribution in [-0.2, 0) is 9.47 Å². The first-order chi connectivity index (χ1) is 5.25. The van der Waals surface area contributed by atoms with E-state index in [0.717, 1.165) is 0 Å². The third kappa shape index (κ3) is 1.55. The summed E-state index contributed by atoms with van der Waals surface area (Å²) in [6.45, 7) is 0. The highest BCUT2D eigenvalue weighted by Gasteiger charge is 2.34. The van der Waals surface area contributed by atoms with Crippen molar-refractivity contribution in [1.82, 2.24) is 0 Å². The van der Waals surface area contributed by atoms with Crippen molar-refractivity contribution in [3.05, 3.63) is 24.3 Å². The summed E-state index contributed by atoms with van der Waals surface area (Å²) in [6.07, 6.45) is 7.72. The second kappa shape index (κ2) is 3.52. The minimum Gasteiger partial charge on any atom is -0.349 e. The predicted molar refractivity (Wildman–Crippen MR) is 47.7 cm³/mol. The molecule has 0 saturated heterocycles. The molecular weight excluding hydrogens is 208 g/mol. The quantitative estimate of drug-likeness (QED) is 0.521. The van der Waals surface area contributed by atoms with Gasteiger partial charge < -0.3 is 9.47 Å². The minimum atomic E-state index is -0.630. The molecule has 0 amide bonds. The average Bonchev–Trinajstić information content (AvgIpc) is 2.06. The van der Waals surface area contributed by atoms with E-state index in [4.69, 9.17) is 9.47 Å². The fourth-order valence-corrected chi connectivity index (χ4v) is 1.72. The summed E-state index contributed by atoms with van der Waals surface area (Å²) in [5.74, 6) is -0.630. The van der Waals surface area contributed by atoms with E-state index in [9.17, 15) is 0 Å². The van der Waals surface area contributed by atoms with Gasteiger partial charge in [-0.1, -0.05) is 34.2 Å². The number of ether oxygens (including phenoxy) is 2. The number of halogens is 1. The standard InChI is InChI=1S/C8H11BrO2/c1-10-8(11-2)6-4-3-5-7(8)9/h3-7H,1-2H3. The smallest absolute Gasteiger partial charge is 0.204 e. The van der Waals surface area contributed by atoms with Gasteiger partial charge in [0, 0.05) is 14.2 Å². The van der Waals surface area contributed by atoms with E-state index in [1.54, 1.807) is 14.2 Å². The largest absolute Gasteiger partial charge is 0.349 e. The highest BCUT2D eigenvalue weighted by atomic mass is 79.9. The van der Waals surface area contributed by atoms with E-state index in [1.165, 1.54) is 0 Å². The van der Waals surface area contributed by atoms with Crippen LogP contribution in [0.3, 0.4) is 0 Å². The van der Waals surface area contributed by atoms with E-state index in [2.05, 4.69) is 15.9 Å². The summed E-state index contributed by atoms with van der Waals surface area (Å²) in [4.78, 5) is 0.0787. The first-order valence-corrected chi connectivity index (χ1v) is 4.27. The van der Waals surface area contributed by atoms with Gasteiger partial charge in [-0.15, -0.1) is 0 Å². The van der Waals surface area contributed by atoms with Crippen molar-refractivity contribution in [3.63, 3.8) is 0 Å². The lowest BCUT2D eigenvalue weighted by molar-refractivity contribution is -0.162. The third-order valence-electron chi connectivity index (χ3n) is 1.74. The minimum absolute atomic E-state index is 0.0787. The molecule has 2 nitrogen and oxygen atoms in total. The monoisotopic (exact) mass is 218 g/mol. The molecule has 1 aliphatic rings.